The molecule has 20 heavy (non-hydrogen) atoms. The third kappa shape index (κ3) is 2.76. The maximum atomic E-state index is 12.2. The highest BCUT2D eigenvalue weighted by Crippen LogP contribution is 2.39. The van der Waals surface area contributed by atoms with Gasteiger partial charge in [-0.15, -0.1) is 0 Å². The minimum Gasteiger partial charge on any atom is -0.312 e. The Morgan fingerprint density at radius 1 is 0.850 bits per heavy atom. The summed E-state index contributed by atoms with van der Waals surface area (Å²) in [7, 11) is 0. The molecule has 3 aliphatic rings. The molecule has 0 bridgehead atoms. The van der Waals surface area contributed by atoms with Crippen LogP contribution in [0.2, 0.25) is 0 Å². The number of nitrogens with one attached hydrogen (secondary N) is 1. The Hall–Kier alpha value is -0.900. The fourth-order valence-electron chi connectivity index (χ4n) is 4.14. The lowest BCUT2D eigenvalue weighted by Crippen LogP contribution is -2.40. The standard InChI is InChI=1S/C16H26N2O2/c19-15-13-8-5-9-14(13)16(20)18(15)11-10-17-12-6-3-1-2-4-7-12/h12-14,17H,1-11H2. The van der Waals surface area contributed by atoms with Crippen LogP contribution in [0.3, 0.4) is 0 Å². The Balaban J connectivity index is 1.46. The number of fused-ring (bicyclic) bond motifs is 1. The van der Waals surface area contributed by atoms with Crippen molar-refractivity contribution in [2.24, 2.45) is 11.8 Å². The Labute approximate surface area is 121 Å². The first kappa shape index (κ1) is 14.1. The molecule has 4 nitrogen and oxygen atoms in total. The van der Waals surface area contributed by atoms with Crippen LogP contribution in [0.4, 0.5) is 0 Å². The van der Waals surface area contributed by atoms with Gasteiger partial charge in [-0.2, -0.15) is 0 Å². The Kier molecular flexibility index (Phi) is 4.39. The Morgan fingerprint density at radius 3 is 2.05 bits per heavy atom. The molecular formula is C16H26N2O2. The first-order valence-electron chi connectivity index (χ1n) is 8.36. The van der Waals surface area contributed by atoms with Crippen LogP contribution in [0, 0.1) is 11.8 Å². The van der Waals surface area contributed by atoms with Gasteiger partial charge in [0, 0.05) is 19.1 Å². The van der Waals surface area contributed by atoms with E-state index < -0.39 is 0 Å². The zero-order chi connectivity index (χ0) is 13.9. The molecule has 2 atom stereocenters. The summed E-state index contributed by atoms with van der Waals surface area (Å²) in [5, 5.41) is 3.55. The molecule has 2 amide bonds. The van der Waals surface area contributed by atoms with Crippen molar-refractivity contribution in [1.82, 2.24) is 10.2 Å². The molecule has 3 rings (SSSR count). The lowest BCUT2D eigenvalue weighted by Gasteiger charge is -2.20. The quantitative estimate of drug-likeness (QED) is 0.633. The number of carbonyl (C=O) groups excluding carboxylic acids is 2. The number of likely N-dealkylation sites (tertiary alicyclic amines) is 1. The molecule has 0 radical (unpaired) electrons. The molecule has 112 valence electrons. The summed E-state index contributed by atoms with van der Waals surface area (Å²) in [6.45, 7) is 1.34. The highest BCUT2D eigenvalue weighted by molar-refractivity contribution is 6.05. The molecule has 2 aliphatic carbocycles. The number of amides is 2. The van der Waals surface area contributed by atoms with Gasteiger partial charge < -0.3 is 5.32 Å². The van der Waals surface area contributed by atoms with Crippen LogP contribution in [-0.2, 0) is 9.59 Å². The van der Waals surface area contributed by atoms with Crippen LogP contribution in [0.5, 0.6) is 0 Å². The molecule has 0 aromatic carbocycles. The molecule has 1 saturated heterocycles. The monoisotopic (exact) mass is 278 g/mol. The SMILES string of the molecule is O=C1C2CCCC2C(=O)N1CCNC1CCCCCC1. The van der Waals surface area contributed by atoms with Gasteiger partial charge in [0.15, 0.2) is 0 Å². The average Bonchev–Trinajstić information content (AvgIpc) is 2.89. The average molecular weight is 278 g/mol. The van der Waals surface area contributed by atoms with Crippen molar-refractivity contribution in [2.45, 2.75) is 63.8 Å². The second-order valence-corrected chi connectivity index (χ2v) is 6.61. The summed E-state index contributed by atoms with van der Waals surface area (Å²) in [6, 6.07) is 0.588. The van der Waals surface area contributed by atoms with Crippen molar-refractivity contribution in [2.75, 3.05) is 13.1 Å². The summed E-state index contributed by atoms with van der Waals surface area (Å²) in [6.07, 6.45) is 10.7. The lowest BCUT2D eigenvalue weighted by molar-refractivity contribution is -0.140. The molecule has 0 aromatic rings. The number of carbonyl (C=O) groups is 2. The summed E-state index contributed by atoms with van der Waals surface area (Å²) in [5.74, 6) is 0.223. The lowest BCUT2D eigenvalue weighted by atomic mass is 10.00. The van der Waals surface area contributed by atoms with Gasteiger partial charge in [0.25, 0.3) is 0 Å². The molecule has 4 heteroatoms. The van der Waals surface area contributed by atoms with Crippen molar-refractivity contribution >= 4 is 11.8 Å². The van der Waals surface area contributed by atoms with Gasteiger partial charge in [0.1, 0.15) is 0 Å². The summed E-state index contributed by atoms with van der Waals surface area (Å²) < 4.78 is 0. The predicted octanol–water partition coefficient (Wildman–Crippen LogP) is 2.08. The molecule has 1 aliphatic heterocycles. The Morgan fingerprint density at radius 2 is 1.45 bits per heavy atom. The van der Waals surface area contributed by atoms with Gasteiger partial charge >= 0.3 is 0 Å². The maximum absolute atomic E-state index is 12.2. The van der Waals surface area contributed by atoms with E-state index in [-0.39, 0.29) is 23.7 Å². The van der Waals surface area contributed by atoms with Crippen molar-refractivity contribution in [3.63, 3.8) is 0 Å². The Bertz CT molecular complexity index is 353. The minimum atomic E-state index is 0.0142. The number of nitrogens with zero attached hydrogens (tertiary/aromatic N) is 1. The van der Waals surface area contributed by atoms with Crippen molar-refractivity contribution in [3.8, 4) is 0 Å². The van der Waals surface area contributed by atoms with E-state index >= 15 is 0 Å². The molecule has 1 N–H and O–H groups in total. The largest absolute Gasteiger partial charge is 0.312 e. The van der Waals surface area contributed by atoms with E-state index in [4.69, 9.17) is 0 Å². The van der Waals surface area contributed by atoms with Gasteiger partial charge in [-0.25, -0.2) is 0 Å². The van der Waals surface area contributed by atoms with E-state index in [0.29, 0.717) is 12.6 Å². The van der Waals surface area contributed by atoms with Crippen LogP contribution in [-0.4, -0.2) is 35.8 Å². The van der Waals surface area contributed by atoms with E-state index in [1.165, 1.54) is 43.4 Å². The first-order valence-corrected chi connectivity index (χ1v) is 8.36. The number of hydrogen-bond donors (Lipinski definition) is 1. The van der Waals surface area contributed by atoms with E-state index in [0.717, 1.165) is 25.8 Å². The third-order valence-electron chi connectivity index (χ3n) is 5.31. The van der Waals surface area contributed by atoms with Crippen LogP contribution in [0.1, 0.15) is 57.8 Å². The summed E-state index contributed by atoms with van der Waals surface area (Å²) in [5.41, 5.74) is 0. The zero-order valence-electron chi connectivity index (χ0n) is 12.3. The van der Waals surface area contributed by atoms with Crippen molar-refractivity contribution < 1.29 is 9.59 Å². The van der Waals surface area contributed by atoms with Gasteiger partial charge in [-0.05, 0) is 25.7 Å². The minimum absolute atomic E-state index is 0.0142. The van der Waals surface area contributed by atoms with E-state index in [9.17, 15) is 9.59 Å². The first-order chi connectivity index (χ1) is 9.77. The highest BCUT2D eigenvalue weighted by atomic mass is 16.2. The van der Waals surface area contributed by atoms with Gasteiger partial charge in [0.05, 0.1) is 11.8 Å². The summed E-state index contributed by atoms with van der Waals surface area (Å²) in [4.78, 5) is 25.9. The van der Waals surface area contributed by atoms with Gasteiger partial charge in [-0.1, -0.05) is 32.1 Å². The number of hydrogen-bond acceptors (Lipinski definition) is 3. The number of imide groups is 1. The van der Waals surface area contributed by atoms with Crippen molar-refractivity contribution in [3.05, 3.63) is 0 Å². The van der Waals surface area contributed by atoms with E-state index in [1.807, 2.05) is 0 Å². The van der Waals surface area contributed by atoms with Crippen LogP contribution in [0.25, 0.3) is 0 Å². The van der Waals surface area contributed by atoms with Gasteiger partial charge in [0.2, 0.25) is 11.8 Å². The molecule has 3 fully saturated rings. The molecule has 2 saturated carbocycles. The molecule has 2 unspecified atom stereocenters. The summed E-state index contributed by atoms with van der Waals surface area (Å²) >= 11 is 0. The fraction of sp³-hybridized carbons (Fsp3) is 0.875. The molecular weight excluding hydrogens is 252 g/mol. The van der Waals surface area contributed by atoms with Crippen LogP contribution in [0.15, 0.2) is 0 Å². The zero-order valence-corrected chi connectivity index (χ0v) is 12.3. The van der Waals surface area contributed by atoms with E-state index in [1.54, 1.807) is 0 Å². The maximum Gasteiger partial charge on any atom is 0.233 e. The van der Waals surface area contributed by atoms with Crippen molar-refractivity contribution in [1.29, 1.82) is 0 Å². The van der Waals surface area contributed by atoms with E-state index in [2.05, 4.69) is 5.32 Å². The second kappa shape index (κ2) is 6.25. The second-order valence-electron chi connectivity index (χ2n) is 6.61. The smallest absolute Gasteiger partial charge is 0.233 e. The number of rotatable bonds is 4. The fourth-order valence-corrected chi connectivity index (χ4v) is 4.14. The molecule has 0 spiro atoms. The van der Waals surface area contributed by atoms with Gasteiger partial charge in [-0.3, -0.25) is 14.5 Å². The predicted molar refractivity (Wildman–Crippen MR) is 77.0 cm³/mol. The van der Waals surface area contributed by atoms with Crippen LogP contribution < -0.4 is 5.32 Å². The topological polar surface area (TPSA) is 49.4 Å². The van der Waals surface area contributed by atoms with Crippen LogP contribution >= 0.6 is 0 Å². The molecule has 1 heterocycles. The molecule has 0 aromatic heterocycles. The third-order valence-corrected chi connectivity index (χ3v) is 5.31. The normalized spacial score (nSPS) is 31.7. The highest BCUT2D eigenvalue weighted by Gasteiger charge is 2.49.